The summed E-state index contributed by atoms with van der Waals surface area (Å²) in [6, 6.07) is 8.31. The van der Waals surface area contributed by atoms with Crippen LogP contribution in [-0.2, 0) is 16.0 Å². The highest BCUT2D eigenvalue weighted by atomic mass is 16.5. The Labute approximate surface area is 104 Å². The zero-order chi connectivity index (χ0) is 12.8. The van der Waals surface area contributed by atoms with Gasteiger partial charge in [-0.15, -0.1) is 0 Å². The third kappa shape index (κ3) is 3.88. The quantitative estimate of drug-likeness (QED) is 0.728. The summed E-state index contributed by atoms with van der Waals surface area (Å²) in [5, 5.41) is 0. The third-order valence-electron chi connectivity index (χ3n) is 2.92. The highest BCUT2D eigenvalue weighted by Crippen LogP contribution is 2.22. The van der Waals surface area contributed by atoms with Gasteiger partial charge in [0.25, 0.3) is 0 Å². The second-order valence-corrected chi connectivity index (χ2v) is 4.82. The zero-order valence-electron chi connectivity index (χ0n) is 11.2. The number of esters is 1. The van der Waals surface area contributed by atoms with Crippen molar-refractivity contribution in [2.75, 3.05) is 7.11 Å². The smallest absolute Gasteiger partial charge is 0.313 e. The van der Waals surface area contributed by atoms with Crippen LogP contribution in [0.2, 0.25) is 0 Å². The van der Waals surface area contributed by atoms with Crippen LogP contribution >= 0.6 is 0 Å². The van der Waals surface area contributed by atoms with Gasteiger partial charge in [0, 0.05) is 0 Å². The molecular weight excluding hydrogens is 212 g/mol. The molecule has 0 saturated carbocycles. The van der Waals surface area contributed by atoms with Crippen molar-refractivity contribution in [1.82, 2.24) is 0 Å². The van der Waals surface area contributed by atoms with Crippen LogP contribution in [0.25, 0.3) is 0 Å². The molecule has 0 radical (unpaired) electrons. The summed E-state index contributed by atoms with van der Waals surface area (Å²) >= 11 is 0. The first-order valence-electron chi connectivity index (χ1n) is 6.25. The molecule has 1 aromatic carbocycles. The van der Waals surface area contributed by atoms with Crippen molar-refractivity contribution >= 4 is 5.97 Å². The predicted octanol–water partition coefficient (Wildman–Crippen LogP) is 3.55. The van der Waals surface area contributed by atoms with E-state index in [2.05, 4.69) is 26.0 Å². The summed E-state index contributed by atoms with van der Waals surface area (Å²) in [5.74, 6) is 0.376. The van der Waals surface area contributed by atoms with Gasteiger partial charge in [0.05, 0.1) is 13.0 Å². The molecule has 2 heteroatoms. The van der Waals surface area contributed by atoms with Gasteiger partial charge < -0.3 is 4.74 Å². The van der Waals surface area contributed by atoms with Crippen molar-refractivity contribution < 1.29 is 9.53 Å². The molecule has 1 atom stereocenters. The molecule has 1 aromatic rings. The monoisotopic (exact) mass is 234 g/mol. The molecule has 0 bridgehead atoms. The van der Waals surface area contributed by atoms with Crippen LogP contribution in [0.1, 0.15) is 44.2 Å². The van der Waals surface area contributed by atoms with Crippen LogP contribution in [0.3, 0.4) is 0 Å². The van der Waals surface area contributed by atoms with E-state index >= 15 is 0 Å². The van der Waals surface area contributed by atoms with Gasteiger partial charge in [-0.05, 0) is 29.9 Å². The molecule has 0 fully saturated rings. The first-order chi connectivity index (χ1) is 8.08. The molecule has 1 unspecified atom stereocenters. The highest BCUT2D eigenvalue weighted by Gasteiger charge is 2.18. The largest absolute Gasteiger partial charge is 0.469 e. The maximum Gasteiger partial charge on any atom is 0.313 e. The molecule has 0 amide bonds. The molecule has 2 nitrogen and oxygen atoms in total. The van der Waals surface area contributed by atoms with Crippen molar-refractivity contribution in [3.8, 4) is 0 Å². The lowest BCUT2D eigenvalue weighted by molar-refractivity contribution is -0.142. The van der Waals surface area contributed by atoms with Crippen LogP contribution in [0, 0.1) is 5.92 Å². The average molecular weight is 234 g/mol. The van der Waals surface area contributed by atoms with E-state index in [0.717, 1.165) is 18.4 Å². The van der Waals surface area contributed by atoms with Gasteiger partial charge in [0.1, 0.15) is 0 Å². The summed E-state index contributed by atoms with van der Waals surface area (Å²) < 4.78 is 4.81. The number of rotatable bonds is 5. The van der Waals surface area contributed by atoms with Gasteiger partial charge in [-0.1, -0.05) is 45.0 Å². The lowest BCUT2D eigenvalue weighted by atomic mass is 9.94. The fourth-order valence-corrected chi connectivity index (χ4v) is 2.04. The van der Waals surface area contributed by atoms with Crippen molar-refractivity contribution in [3.63, 3.8) is 0 Å². The van der Waals surface area contributed by atoms with Gasteiger partial charge in [-0.25, -0.2) is 0 Å². The zero-order valence-corrected chi connectivity index (χ0v) is 11.2. The van der Waals surface area contributed by atoms with E-state index in [1.165, 1.54) is 12.7 Å². The van der Waals surface area contributed by atoms with Crippen LogP contribution in [-0.4, -0.2) is 13.1 Å². The Morgan fingerprint density at radius 3 is 2.24 bits per heavy atom. The van der Waals surface area contributed by atoms with Gasteiger partial charge in [0.2, 0.25) is 0 Å². The summed E-state index contributed by atoms with van der Waals surface area (Å²) in [7, 11) is 1.44. The second kappa shape index (κ2) is 6.43. The SMILES string of the molecule is CCC(C(=O)OC)c1ccc(CC(C)C)cc1. The molecule has 0 spiro atoms. The molecule has 0 aliphatic heterocycles. The second-order valence-electron chi connectivity index (χ2n) is 4.82. The number of hydrogen-bond acceptors (Lipinski definition) is 2. The molecule has 0 N–H and O–H groups in total. The number of hydrogen-bond donors (Lipinski definition) is 0. The lowest BCUT2D eigenvalue weighted by Gasteiger charge is -2.13. The van der Waals surface area contributed by atoms with Crippen LogP contribution in [0.5, 0.6) is 0 Å². The van der Waals surface area contributed by atoms with Gasteiger partial charge in [-0.3, -0.25) is 4.79 Å². The van der Waals surface area contributed by atoms with Crippen LogP contribution in [0.4, 0.5) is 0 Å². The predicted molar refractivity (Wildman–Crippen MR) is 70.0 cm³/mol. The topological polar surface area (TPSA) is 26.3 Å². The van der Waals surface area contributed by atoms with E-state index in [9.17, 15) is 4.79 Å². The summed E-state index contributed by atoms with van der Waals surface area (Å²) in [5.41, 5.74) is 2.37. The van der Waals surface area contributed by atoms with Crippen molar-refractivity contribution in [2.24, 2.45) is 5.92 Å². The number of carbonyl (C=O) groups is 1. The lowest BCUT2D eigenvalue weighted by Crippen LogP contribution is -2.13. The normalized spacial score (nSPS) is 12.5. The minimum absolute atomic E-state index is 0.131. The Kier molecular flexibility index (Phi) is 5.20. The molecule has 17 heavy (non-hydrogen) atoms. The molecule has 1 rings (SSSR count). The van der Waals surface area contributed by atoms with Gasteiger partial charge in [0.15, 0.2) is 0 Å². The molecule has 0 aliphatic carbocycles. The number of methoxy groups -OCH3 is 1. The standard InChI is InChI=1S/C15H22O2/c1-5-14(15(16)17-4)13-8-6-12(7-9-13)10-11(2)3/h6-9,11,14H,5,10H2,1-4H3. The Hall–Kier alpha value is -1.31. The van der Waals surface area contributed by atoms with Gasteiger partial charge >= 0.3 is 5.97 Å². The van der Waals surface area contributed by atoms with Crippen molar-refractivity contribution in [2.45, 2.75) is 39.5 Å². The fourth-order valence-electron chi connectivity index (χ4n) is 2.04. The third-order valence-corrected chi connectivity index (χ3v) is 2.92. The Morgan fingerprint density at radius 1 is 1.24 bits per heavy atom. The van der Waals surface area contributed by atoms with Crippen molar-refractivity contribution in [1.29, 1.82) is 0 Å². The molecule has 94 valence electrons. The first kappa shape index (κ1) is 13.8. The summed E-state index contributed by atoms with van der Waals surface area (Å²) in [4.78, 5) is 11.6. The molecule has 0 saturated heterocycles. The fraction of sp³-hybridized carbons (Fsp3) is 0.533. The maximum absolute atomic E-state index is 11.6. The van der Waals surface area contributed by atoms with Crippen molar-refractivity contribution in [3.05, 3.63) is 35.4 Å². The first-order valence-corrected chi connectivity index (χ1v) is 6.25. The van der Waals surface area contributed by atoms with E-state index in [0.29, 0.717) is 5.92 Å². The van der Waals surface area contributed by atoms with Crippen LogP contribution in [0.15, 0.2) is 24.3 Å². The molecule has 0 heterocycles. The molecule has 0 aromatic heterocycles. The van der Waals surface area contributed by atoms with Crippen LogP contribution < -0.4 is 0 Å². The molecule has 0 aliphatic rings. The minimum Gasteiger partial charge on any atom is -0.469 e. The number of carbonyl (C=O) groups excluding carboxylic acids is 1. The Bertz CT molecular complexity index is 352. The number of benzene rings is 1. The molecular formula is C15H22O2. The van der Waals surface area contributed by atoms with Gasteiger partial charge in [-0.2, -0.15) is 0 Å². The Morgan fingerprint density at radius 2 is 1.82 bits per heavy atom. The maximum atomic E-state index is 11.6. The summed E-state index contributed by atoms with van der Waals surface area (Å²) in [6.07, 6.45) is 1.85. The van der Waals surface area contributed by atoms with E-state index in [1.54, 1.807) is 0 Å². The van der Waals surface area contributed by atoms with E-state index in [4.69, 9.17) is 4.74 Å². The number of ether oxygens (including phenoxy) is 1. The average Bonchev–Trinajstić information content (AvgIpc) is 2.31. The Balaban J connectivity index is 2.81. The highest BCUT2D eigenvalue weighted by molar-refractivity contribution is 5.77. The van der Waals surface area contributed by atoms with E-state index in [1.807, 2.05) is 19.1 Å². The minimum atomic E-state index is -0.149. The summed E-state index contributed by atoms with van der Waals surface area (Å²) in [6.45, 7) is 6.41. The van der Waals surface area contributed by atoms with E-state index in [-0.39, 0.29) is 11.9 Å². The van der Waals surface area contributed by atoms with E-state index < -0.39 is 0 Å².